The molecule has 1 aromatic rings. The van der Waals surface area contributed by atoms with Gasteiger partial charge < -0.3 is 10.6 Å². The van der Waals surface area contributed by atoms with E-state index in [9.17, 15) is 0 Å². The minimum atomic E-state index is 0.419. The Morgan fingerprint density at radius 2 is 1.90 bits per heavy atom. The monoisotopic (exact) mass is 304 g/mol. The van der Waals surface area contributed by atoms with Gasteiger partial charge in [0, 0.05) is 12.6 Å². The minimum Gasteiger partial charge on any atom is -0.360 e. The second kappa shape index (κ2) is 6.78. The Bertz CT molecular complexity index is 478. The predicted molar refractivity (Wildman–Crippen MR) is 94.3 cm³/mol. The van der Waals surface area contributed by atoms with Crippen molar-refractivity contribution in [3.63, 3.8) is 0 Å². The quantitative estimate of drug-likeness (QED) is 0.819. The van der Waals surface area contributed by atoms with Gasteiger partial charge in [0.2, 0.25) is 0 Å². The van der Waals surface area contributed by atoms with E-state index in [1.807, 2.05) is 0 Å². The van der Waals surface area contributed by atoms with Crippen molar-refractivity contribution >= 4 is 17.3 Å². The summed E-state index contributed by atoms with van der Waals surface area (Å²) < 4.78 is 0. The van der Waals surface area contributed by atoms with Gasteiger partial charge in [-0.1, -0.05) is 50.6 Å². The molecule has 2 N–H and O–H groups in total. The third-order valence-corrected chi connectivity index (χ3v) is 4.56. The lowest BCUT2D eigenvalue weighted by Crippen LogP contribution is -2.46. The van der Waals surface area contributed by atoms with Crippen LogP contribution in [0, 0.1) is 18.3 Å². The molecular weight excluding hydrogens is 276 g/mol. The fraction of sp³-hybridized carbons (Fsp3) is 0.611. The second-order valence-corrected chi connectivity index (χ2v) is 7.83. The molecule has 1 aromatic carbocycles. The molecular formula is C18H28N2S. The number of nitrogens with one attached hydrogen (secondary N) is 2. The SMILES string of the molecule is Cc1ccc(CNC(=S)NC2CC(C)CC(C)(C)C2)cc1. The molecule has 0 heterocycles. The highest BCUT2D eigenvalue weighted by atomic mass is 32.1. The van der Waals surface area contributed by atoms with E-state index in [4.69, 9.17) is 12.2 Å². The van der Waals surface area contributed by atoms with E-state index in [-0.39, 0.29) is 0 Å². The van der Waals surface area contributed by atoms with Gasteiger partial charge in [-0.05, 0) is 55.3 Å². The number of benzene rings is 1. The van der Waals surface area contributed by atoms with E-state index in [1.54, 1.807) is 0 Å². The number of thiocarbonyl (C=S) groups is 1. The summed E-state index contributed by atoms with van der Waals surface area (Å²) in [6.45, 7) is 9.96. The van der Waals surface area contributed by atoms with Crippen molar-refractivity contribution in [2.75, 3.05) is 0 Å². The third-order valence-electron chi connectivity index (χ3n) is 4.30. The number of rotatable bonds is 3. The fourth-order valence-corrected chi connectivity index (χ4v) is 3.82. The molecule has 0 saturated heterocycles. The zero-order valence-corrected chi connectivity index (χ0v) is 14.5. The van der Waals surface area contributed by atoms with E-state index in [2.05, 4.69) is 62.6 Å². The zero-order valence-electron chi connectivity index (χ0n) is 13.7. The zero-order chi connectivity index (χ0) is 15.5. The molecule has 1 saturated carbocycles. The van der Waals surface area contributed by atoms with Crippen LogP contribution in [0.25, 0.3) is 0 Å². The van der Waals surface area contributed by atoms with E-state index in [0.717, 1.165) is 17.6 Å². The maximum Gasteiger partial charge on any atom is 0.166 e. The van der Waals surface area contributed by atoms with E-state index >= 15 is 0 Å². The molecule has 1 fully saturated rings. The van der Waals surface area contributed by atoms with Gasteiger partial charge in [-0.3, -0.25) is 0 Å². The maximum absolute atomic E-state index is 5.45. The van der Waals surface area contributed by atoms with Gasteiger partial charge in [0.1, 0.15) is 0 Å². The van der Waals surface area contributed by atoms with Crippen molar-refractivity contribution in [1.82, 2.24) is 10.6 Å². The lowest BCUT2D eigenvalue weighted by molar-refractivity contribution is 0.161. The number of hydrogen-bond acceptors (Lipinski definition) is 1. The topological polar surface area (TPSA) is 24.1 Å². The lowest BCUT2D eigenvalue weighted by atomic mass is 9.71. The first-order valence-corrected chi connectivity index (χ1v) is 8.35. The van der Waals surface area contributed by atoms with Gasteiger partial charge in [0.25, 0.3) is 0 Å². The summed E-state index contributed by atoms with van der Waals surface area (Å²) in [4.78, 5) is 0. The summed E-state index contributed by atoms with van der Waals surface area (Å²) >= 11 is 5.45. The van der Waals surface area contributed by atoms with Gasteiger partial charge >= 0.3 is 0 Å². The first-order chi connectivity index (χ1) is 9.84. The van der Waals surface area contributed by atoms with Crippen LogP contribution in [-0.4, -0.2) is 11.2 Å². The molecule has 1 aliphatic rings. The Morgan fingerprint density at radius 3 is 2.52 bits per heavy atom. The molecule has 2 nitrogen and oxygen atoms in total. The fourth-order valence-electron chi connectivity index (χ4n) is 3.58. The van der Waals surface area contributed by atoms with Crippen LogP contribution in [0.2, 0.25) is 0 Å². The molecule has 0 aromatic heterocycles. The van der Waals surface area contributed by atoms with E-state index in [1.165, 1.54) is 30.4 Å². The van der Waals surface area contributed by atoms with Gasteiger partial charge in [-0.2, -0.15) is 0 Å². The first-order valence-electron chi connectivity index (χ1n) is 7.94. The summed E-state index contributed by atoms with van der Waals surface area (Å²) in [5, 5.41) is 7.62. The van der Waals surface area contributed by atoms with Crippen molar-refractivity contribution in [2.24, 2.45) is 11.3 Å². The number of hydrogen-bond donors (Lipinski definition) is 2. The van der Waals surface area contributed by atoms with Crippen LogP contribution in [0.15, 0.2) is 24.3 Å². The smallest absolute Gasteiger partial charge is 0.166 e. The Labute approximate surface area is 134 Å². The molecule has 2 unspecified atom stereocenters. The summed E-state index contributed by atoms with van der Waals surface area (Å²) in [6.07, 6.45) is 3.73. The van der Waals surface area contributed by atoms with Crippen LogP contribution in [0.5, 0.6) is 0 Å². The molecule has 3 heteroatoms. The molecule has 1 aliphatic carbocycles. The molecule has 116 valence electrons. The molecule has 2 atom stereocenters. The average molecular weight is 305 g/mol. The Kier molecular flexibility index (Phi) is 5.26. The van der Waals surface area contributed by atoms with Crippen LogP contribution in [-0.2, 0) is 6.54 Å². The van der Waals surface area contributed by atoms with Crippen molar-refractivity contribution in [3.05, 3.63) is 35.4 Å². The molecule has 0 bridgehead atoms. The van der Waals surface area contributed by atoms with Gasteiger partial charge in [0.05, 0.1) is 0 Å². The Hall–Kier alpha value is -1.09. The Morgan fingerprint density at radius 1 is 1.24 bits per heavy atom. The molecule has 21 heavy (non-hydrogen) atoms. The molecule has 0 radical (unpaired) electrons. The second-order valence-electron chi connectivity index (χ2n) is 7.42. The van der Waals surface area contributed by atoms with Crippen molar-refractivity contribution in [2.45, 2.75) is 59.5 Å². The average Bonchev–Trinajstić information content (AvgIpc) is 2.35. The lowest BCUT2D eigenvalue weighted by Gasteiger charge is -2.39. The summed E-state index contributed by atoms with van der Waals surface area (Å²) in [7, 11) is 0. The predicted octanol–water partition coefficient (Wildman–Crippen LogP) is 4.17. The molecule has 0 aliphatic heterocycles. The van der Waals surface area contributed by atoms with Crippen LogP contribution in [0.3, 0.4) is 0 Å². The van der Waals surface area contributed by atoms with Crippen molar-refractivity contribution in [3.8, 4) is 0 Å². The van der Waals surface area contributed by atoms with Crippen LogP contribution < -0.4 is 10.6 Å². The molecule has 0 amide bonds. The van der Waals surface area contributed by atoms with Gasteiger partial charge in [-0.25, -0.2) is 0 Å². The van der Waals surface area contributed by atoms with Crippen LogP contribution >= 0.6 is 12.2 Å². The highest BCUT2D eigenvalue weighted by molar-refractivity contribution is 7.80. The standard InChI is InChI=1S/C18H28N2S/c1-13-5-7-15(8-6-13)12-19-17(21)20-16-9-14(2)10-18(3,4)11-16/h5-8,14,16H,9-12H2,1-4H3,(H2,19,20,21). The summed E-state index contributed by atoms with van der Waals surface area (Å²) in [6, 6.07) is 9.08. The van der Waals surface area contributed by atoms with E-state index < -0.39 is 0 Å². The normalized spacial score (nSPS) is 24.4. The third kappa shape index (κ3) is 5.31. The van der Waals surface area contributed by atoms with E-state index in [0.29, 0.717) is 11.5 Å². The van der Waals surface area contributed by atoms with Crippen LogP contribution in [0.1, 0.15) is 51.2 Å². The van der Waals surface area contributed by atoms with Crippen molar-refractivity contribution in [1.29, 1.82) is 0 Å². The maximum atomic E-state index is 5.45. The Balaban J connectivity index is 1.80. The molecule has 2 rings (SSSR count). The minimum absolute atomic E-state index is 0.419. The van der Waals surface area contributed by atoms with Crippen LogP contribution in [0.4, 0.5) is 0 Å². The highest BCUT2D eigenvalue weighted by Crippen LogP contribution is 2.38. The van der Waals surface area contributed by atoms with Crippen molar-refractivity contribution < 1.29 is 0 Å². The first kappa shape index (κ1) is 16.3. The molecule has 0 spiro atoms. The highest BCUT2D eigenvalue weighted by Gasteiger charge is 2.32. The largest absolute Gasteiger partial charge is 0.360 e. The summed E-state index contributed by atoms with van der Waals surface area (Å²) in [5.41, 5.74) is 2.97. The van der Waals surface area contributed by atoms with Gasteiger partial charge in [-0.15, -0.1) is 0 Å². The summed E-state index contributed by atoms with van der Waals surface area (Å²) in [5.74, 6) is 0.770. The van der Waals surface area contributed by atoms with Gasteiger partial charge in [0.15, 0.2) is 5.11 Å². The number of aryl methyl sites for hydroxylation is 1.